The van der Waals surface area contributed by atoms with Crippen LogP contribution in [0.2, 0.25) is 0 Å². The van der Waals surface area contributed by atoms with Gasteiger partial charge in [0.1, 0.15) is 0 Å². The van der Waals surface area contributed by atoms with Crippen molar-refractivity contribution in [3.63, 3.8) is 0 Å². The number of piperidine rings is 1. The molecule has 2 fully saturated rings. The lowest BCUT2D eigenvalue weighted by Gasteiger charge is -2.45. The van der Waals surface area contributed by atoms with E-state index in [1.165, 1.54) is 0 Å². The summed E-state index contributed by atoms with van der Waals surface area (Å²) < 4.78 is 0. The van der Waals surface area contributed by atoms with Crippen molar-refractivity contribution in [2.75, 3.05) is 13.1 Å². The van der Waals surface area contributed by atoms with E-state index in [2.05, 4.69) is 4.90 Å². The maximum absolute atomic E-state index is 11.5. The lowest BCUT2D eigenvalue weighted by atomic mass is 9.76. The minimum absolute atomic E-state index is 0.185. The van der Waals surface area contributed by atoms with Gasteiger partial charge < -0.3 is 10.2 Å². The fourth-order valence-corrected chi connectivity index (χ4v) is 3.58. The molecule has 2 N–H and O–H groups in total. The molecular formula is C14H25NO3. The van der Waals surface area contributed by atoms with E-state index in [1.54, 1.807) is 0 Å². The Kier molecular flexibility index (Phi) is 4.28. The average molecular weight is 255 g/mol. The zero-order valence-corrected chi connectivity index (χ0v) is 11.3. The van der Waals surface area contributed by atoms with Crippen LogP contribution in [0.4, 0.5) is 0 Å². The van der Waals surface area contributed by atoms with Crippen LogP contribution in [0, 0.1) is 5.41 Å². The van der Waals surface area contributed by atoms with E-state index in [1.807, 2.05) is 6.92 Å². The number of nitrogens with zero attached hydrogens (tertiary/aromatic N) is 1. The molecule has 0 spiro atoms. The summed E-state index contributed by atoms with van der Waals surface area (Å²) in [6.45, 7) is 3.52. The molecule has 18 heavy (non-hydrogen) atoms. The third-order valence-corrected chi connectivity index (χ3v) is 4.90. The topological polar surface area (TPSA) is 60.8 Å². The second-order valence-electron chi connectivity index (χ2n) is 5.93. The minimum atomic E-state index is -0.667. The molecule has 3 atom stereocenters. The maximum Gasteiger partial charge on any atom is 0.310 e. The molecule has 0 radical (unpaired) electrons. The van der Waals surface area contributed by atoms with Crippen molar-refractivity contribution in [2.24, 2.45) is 5.41 Å². The van der Waals surface area contributed by atoms with E-state index in [4.69, 9.17) is 0 Å². The van der Waals surface area contributed by atoms with Gasteiger partial charge in [0, 0.05) is 12.6 Å². The number of carboxylic acids is 1. The van der Waals surface area contributed by atoms with Crippen LogP contribution in [0.15, 0.2) is 0 Å². The molecule has 3 unspecified atom stereocenters. The molecule has 1 saturated carbocycles. The monoisotopic (exact) mass is 255 g/mol. The highest BCUT2D eigenvalue weighted by atomic mass is 16.4. The van der Waals surface area contributed by atoms with Gasteiger partial charge in [0.2, 0.25) is 0 Å². The molecule has 0 bridgehead atoms. The largest absolute Gasteiger partial charge is 0.481 e. The molecule has 0 amide bonds. The average Bonchev–Trinajstić information content (AvgIpc) is 2.39. The summed E-state index contributed by atoms with van der Waals surface area (Å²) in [5, 5.41) is 19.6. The van der Waals surface area contributed by atoms with Gasteiger partial charge in [-0.1, -0.05) is 19.8 Å². The van der Waals surface area contributed by atoms with Crippen LogP contribution in [0.25, 0.3) is 0 Å². The van der Waals surface area contributed by atoms with Crippen molar-refractivity contribution in [2.45, 2.75) is 64.0 Å². The van der Waals surface area contributed by atoms with Crippen LogP contribution in [0.1, 0.15) is 51.9 Å². The van der Waals surface area contributed by atoms with Crippen molar-refractivity contribution in [3.05, 3.63) is 0 Å². The van der Waals surface area contributed by atoms with Gasteiger partial charge in [-0.3, -0.25) is 9.69 Å². The van der Waals surface area contributed by atoms with E-state index >= 15 is 0 Å². The van der Waals surface area contributed by atoms with E-state index in [-0.39, 0.29) is 12.1 Å². The van der Waals surface area contributed by atoms with Gasteiger partial charge >= 0.3 is 5.97 Å². The normalized spacial score (nSPS) is 38.6. The number of likely N-dealkylation sites (tertiary alicyclic amines) is 1. The summed E-state index contributed by atoms with van der Waals surface area (Å²) >= 11 is 0. The third kappa shape index (κ3) is 2.54. The smallest absolute Gasteiger partial charge is 0.310 e. The number of rotatable bonds is 3. The predicted molar refractivity (Wildman–Crippen MR) is 69.4 cm³/mol. The minimum Gasteiger partial charge on any atom is -0.481 e. The van der Waals surface area contributed by atoms with Crippen LogP contribution in [0.5, 0.6) is 0 Å². The molecule has 2 aliphatic rings. The fraction of sp³-hybridized carbons (Fsp3) is 0.929. The quantitative estimate of drug-likeness (QED) is 0.808. The molecule has 0 aromatic heterocycles. The van der Waals surface area contributed by atoms with Gasteiger partial charge in [0.05, 0.1) is 11.5 Å². The Hall–Kier alpha value is -0.610. The van der Waals surface area contributed by atoms with Gasteiger partial charge in [0.15, 0.2) is 0 Å². The summed E-state index contributed by atoms with van der Waals surface area (Å²) in [6.07, 6.45) is 6.27. The van der Waals surface area contributed by atoms with Crippen LogP contribution in [0.3, 0.4) is 0 Å². The summed E-state index contributed by atoms with van der Waals surface area (Å²) in [7, 11) is 0. The summed E-state index contributed by atoms with van der Waals surface area (Å²) in [5.41, 5.74) is -0.588. The Balaban J connectivity index is 2.07. The Bertz CT molecular complexity index is 307. The van der Waals surface area contributed by atoms with Crippen molar-refractivity contribution < 1.29 is 15.0 Å². The number of carboxylic acid groups (broad SMARTS) is 1. The SMILES string of the molecule is CCC1(C(=O)O)CCCN(C2CCCCC2O)C1. The van der Waals surface area contributed by atoms with E-state index < -0.39 is 11.4 Å². The second kappa shape index (κ2) is 5.57. The van der Waals surface area contributed by atoms with E-state index in [9.17, 15) is 15.0 Å². The first-order valence-electron chi connectivity index (χ1n) is 7.24. The predicted octanol–water partition coefficient (Wildman–Crippen LogP) is 1.87. The number of hydrogen-bond acceptors (Lipinski definition) is 3. The Morgan fingerprint density at radius 2 is 2.06 bits per heavy atom. The molecule has 104 valence electrons. The van der Waals surface area contributed by atoms with Gasteiger partial charge in [-0.25, -0.2) is 0 Å². The molecule has 1 aliphatic heterocycles. The molecule has 1 aliphatic carbocycles. The van der Waals surface area contributed by atoms with E-state index in [0.717, 1.165) is 45.1 Å². The summed E-state index contributed by atoms with van der Waals surface area (Å²) in [6, 6.07) is 0.185. The first kappa shape index (κ1) is 13.8. The van der Waals surface area contributed by atoms with Crippen LogP contribution < -0.4 is 0 Å². The molecule has 2 rings (SSSR count). The van der Waals surface area contributed by atoms with Crippen molar-refractivity contribution >= 4 is 5.97 Å². The molecule has 1 saturated heterocycles. The molecule has 1 heterocycles. The molecule has 0 aromatic rings. The fourth-order valence-electron chi connectivity index (χ4n) is 3.58. The Morgan fingerprint density at radius 1 is 1.33 bits per heavy atom. The number of aliphatic hydroxyl groups excluding tert-OH is 1. The number of carbonyl (C=O) groups is 1. The van der Waals surface area contributed by atoms with Crippen LogP contribution in [-0.4, -0.2) is 46.3 Å². The Morgan fingerprint density at radius 3 is 2.67 bits per heavy atom. The van der Waals surface area contributed by atoms with Crippen LogP contribution in [-0.2, 0) is 4.79 Å². The van der Waals surface area contributed by atoms with Crippen molar-refractivity contribution in [3.8, 4) is 0 Å². The molecule has 4 nitrogen and oxygen atoms in total. The molecular weight excluding hydrogens is 230 g/mol. The maximum atomic E-state index is 11.5. The first-order chi connectivity index (χ1) is 8.59. The Labute approximate surface area is 109 Å². The molecule has 4 heteroatoms. The van der Waals surface area contributed by atoms with Gasteiger partial charge in [-0.05, 0) is 38.6 Å². The number of aliphatic hydroxyl groups is 1. The zero-order valence-electron chi connectivity index (χ0n) is 11.3. The zero-order chi connectivity index (χ0) is 13.2. The first-order valence-corrected chi connectivity index (χ1v) is 7.24. The second-order valence-corrected chi connectivity index (χ2v) is 5.93. The molecule has 0 aromatic carbocycles. The highest BCUT2D eigenvalue weighted by molar-refractivity contribution is 5.75. The lowest BCUT2D eigenvalue weighted by Crippen LogP contribution is -2.54. The summed E-state index contributed by atoms with van der Waals surface area (Å²) in [5.74, 6) is -0.667. The third-order valence-electron chi connectivity index (χ3n) is 4.90. The van der Waals surface area contributed by atoms with Gasteiger partial charge in [-0.2, -0.15) is 0 Å². The standard InChI is InChI=1S/C14H25NO3/c1-2-14(13(17)18)8-5-9-15(10-14)11-6-3-4-7-12(11)16/h11-12,16H,2-10H2,1H3,(H,17,18). The number of hydrogen-bond donors (Lipinski definition) is 2. The number of aliphatic carboxylic acids is 1. The van der Waals surface area contributed by atoms with Crippen molar-refractivity contribution in [1.82, 2.24) is 4.90 Å². The summed E-state index contributed by atoms with van der Waals surface area (Å²) in [4.78, 5) is 13.8. The van der Waals surface area contributed by atoms with Crippen molar-refractivity contribution in [1.29, 1.82) is 0 Å². The lowest BCUT2D eigenvalue weighted by molar-refractivity contribution is -0.154. The van der Waals surface area contributed by atoms with Crippen LogP contribution >= 0.6 is 0 Å². The highest BCUT2D eigenvalue weighted by Crippen LogP contribution is 2.36. The van der Waals surface area contributed by atoms with E-state index in [0.29, 0.717) is 13.0 Å². The van der Waals surface area contributed by atoms with Gasteiger partial charge in [0.25, 0.3) is 0 Å². The highest BCUT2D eigenvalue weighted by Gasteiger charge is 2.43. The van der Waals surface area contributed by atoms with Gasteiger partial charge in [-0.15, -0.1) is 0 Å².